The van der Waals surface area contributed by atoms with Crippen molar-refractivity contribution in [2.24, 2.45) is 5.73 Å². The topological polar surface area (TPSA) is 109 Å². The van der Waals surface area contributed by atoms with E-state index >= 15 is 0 Å². The predicted octanol–water partition coefficient (Wildman–Crippen LogP) is -1.27. The molecule has 0 rings (SSSR count). The fraction of sp³-hybridized carbons (Fsp3) is 0.833. The average Bonchev–Trinajstić information content (AvgIpc) is 1.97. The van der Waals surface area contributed by atoms with E-state index in [1.807, 2.05) is 0 Å². The summed E-state index contributed by atoms with van der Waals surface area (Å²) in [6, 6.07) is -0.385. The SMILES string of the molecule is CCC(CN)NS(=O)(=O)CC(=O)O. The van der Waals surface area contributed by atoms with Gasteiger partial charge >= 0.3 is 5.97 Å². The third kappa shape index (κ3) is 5.56. The van der Waals surface area contributed by atoms with E-state index < -0.39 is 21.7 Å². The molecule has 0 spiro atoms. The van der Waals surface area contributed by atoms with Crippen molar-refractivity contribution in [1.29, 1.82) is 0 Å². The lowest BCUT2D eigenvalue weighted by Gasteiger charge is -2.13. The summed E-state index contributed by atoms with van der Waals surface area (Å²) in [7, 11) is -3.73. The molecular weight excluding hydrogens is 196 g/mol. The lowest BCUT2D eigenvalue weighted by Crippen LogP contribution is -2.42. The van der Waals surface area contributed by atoms with Gasteiger partial charge in [0, 0.05) is 12.6 Å². The van der Waals surface area contributed by atoms with Gasteiger partial charge in [0.2, 0.25) is 10.0 Å². The maximum Gasteiger partial charge on any atom is 0.320 e. The van der Waals surface area contributed by atoms with Crippen LogP contribution in [0, 0.1) is 0 Å². The lowest BCUT2D eigenvalue weighted by atomic mass is 10.2. The summed E-state index contributed by atoms with van der Waals surface area (Å²) in [6.07, 6.45) is 0.537. The minimum Gasteiger partial charge on any atom is -0.480 e. The highest BCUT2D eigenvalue weighted by Gasteiger charge is 2.18. The molecule has 1 unspecified atom stereocenters. The molecule has 0 aromatic heterocycles. The van der Waals surface area contributed by atoms with Crippen molar-refractivity contribution in [2.45, 2.75) is 19.4 Å². The Balaban J connectivity index is 4.24. The number of nitrogens with one attached hydrogen (secondary N) is 1. The van der Waals surface area contributed by atoms with Gasteiger partial charge in [-0.2, -0.15) is 0 Å². The first-order valence-corrected chi connectivity index (χ1v) is 5.48. The summed E-state index contributed by atoms with van der Waals surface area (Å²) in [5.74, 6) is -2.29. The minimum absolute atomic E-state index is 0.162. The van der Waals surface area contributed by atoms with Crippen LogP contribution in [-0.2, 0) is 14.8 Å². The molecular formula is C6H14N2O4S. The molecule has 0 bridgehead atoms. The highest BCUT2D eigenvalue weighted by atomic mass is 32.2. The molecule has 13 heavy (non-hydrogen) atoms. The maximum atomic E-state index is 11.0. The number of carboxylic acid groups (broad SMARTS) is 1. The summed E-state index contributed by atoms with van der Waals surface area (Å²) < 4.78 is 24.2. The molecule has 0 saturated carbocycles. The molecule has 78 valence electrons. The number of hydrogen-bond donors (Lipinski definition) is 3. The Morgan fingerprint density at radius 3 is 2.46 bits per heavy atom. The van der Waals surface area contributed by atoms with Crippen LogP contribution >= 0.6 is 0 Å². The van der Waals surface area contributed by atoms with Crippen molar-refractivity contribution in [3.05, 3.63) is 0 Å². The van der Waals surface area contributed by atoms with Crippen LogP contribution in [-0.4, -0.2) is 37.8 Å². The molecule has 0 aromatic rings. The maximum absolute atomic E-state index is 11.0. The number of aliphatic carboxylic acids is 1. The zero-order valence-corrected chi connectivity index (χ0v) is 8.17. The molecule has 0 aliphatic rings. The van der Waals surface area contributed by atoms with Crippen LogP contribution < -0.4 is 10.5 Å². The summed E-state index contributed by atoms with van der Waals surface area (Å²) in [5, 5.41) is 8.26. The Kier molecular flexibility index (Phi) is 4.89. The zero-order chi connectivity index (χ0) is 10.5. The Bertz CT molecular complexity index is 258. The number of hydrogen-bond acceptors (Lipinski definition) is 4. The molecule has 6 nitrogen and oxygen atoms in total. The predicted molar refractivity (Wildman–Crippen MR) is 47.7 cm³/mol. The first kappa shape index (κ1) is 12.3. The van der Waals surface area contributed by atoms with Crippen LogP contribution in [0.15, 0.2) is 0 Å². The molecule has 7 heteroatoms. The van der Waals surface area contributed by atoms with Gasteiger partial charge in [-0.25, -0.2) is 13.1 Å². The normalized spacial score (nSPS) is 14.0. The zero-order valence-electron chi connectivity index (χ0n) is 7.36. The molecule has 4 N–H and O–H groups in total. The average molecular weight is 210 g/mol. The van der Waals surface area contributed by atoms with E-state index in [0.29, 0.717) is 6.42 Å². The second-order valence-electron chi connectivity index (χ2n) is 2.61. The van der Waals surface area contributed by atoms with Crippen LogP contribution in [0.4, 0.5) is 0 Å². The molecule has 0 aliphatic heterocycles. The van der Waals surface area contributed by atoms with Gasteiger partial charge in [0.1, 0.15) is 0 Å². The van der Waals surface area contributed by atoms with E-state index in [9.17, 15) is 13.2 Å². The molecule has 0 saturated heterocycles. The van der Waals surface area contributed by atoms with Crippen LogP contribution in [0.25, 0.3) is 0 Å². The number of nitrogens with two attached hydrogens (primary N) is 1. The minimum atomic E-state index is -3.73. The second-order valence-corrected chi connectivity index (χ2v) is 4.37. The van der Waals surface area contributed by atoms with E-state index in [-0.39, 0.29) is 12.6 Å². The summed E-state index contributed by atoms with van der Waals surface area (Å²) >= 11 is 0. The Morgan fingerprint density at radius 2 is 2.15 bits per heavy atom. The highest BCUT2D eigenvalue weighted by Crippen LogP contribution is 1.92. The standard InChI is InChI=1S/C6H14N2O4S/c1-2-5(3-7)8-13(11,12)4-6(9)10/h5,8H,2-4,7H2,1H3,(H,9,10). The van der Waals surface area contributed by atoms with Gasteiger partial charge in [0.15, 0.2) is 5.75 Å². The van der Waals surface area contributed by atoms with Gasteiger partial charge < -0.3 is 10.8 Å². The van der Waals surface area contributed by atoms with E-state index in [1.54, 1.807) is 6.92 Å². The van der Waals surface area contributed by atoms with E-state index in [2.05, 4.69) is 4.72 Å². The van der Waals surface area contributed by atoms with Crippen LogP contribution in [0.2, 0.25) is 0 Å². The molecule has 0 radical (unpaired) electrons. The summed E-state index contributed by atoms with van der Waals surface area (Å²) in [5.41, 5.74) is 5.25. The van der Waals surface area contributed by atoms with Crippen molar-refractivity contribution in [1.82, 2.24) is 4.72 Å². The number of sulfonamides is 1. The highest BCUT2D eigenvalue weighted by molar-refractivity contribution is 7.90. The Hall–Kier alpha value is -0.660. The van der Waals surface area contributed by atoms with E-state index in [0.717, 1.165) is 0 Å². The fourth-order valence-corrected chi connectivity index (χ4v) is 1.94. The molecule has 0 aromatic carbocycles. The smallest absolute Gasteiger partial charge is 0.320 e. The van der Waals surface area contributed by atoms with Gasteiger partial charge in [-0.3, -0.25) is 4.79 Å². The Labute approximate surface area is 77.2 Å². The second kappa shape index (κ2) is 5.15. The quantitative estimate of drug-likeness (QED) is 0.506. The first-order valence-electron chi connectivity index (χ1n) is 3.83. The Morgan fingerprint density at radius 1 is 1.62 bits per heavy atom. The van der Waals surface area contributed by atoms with Gasteiger partial charge in [0.25, 0.3) is 0 Å². The van der Waals surface area contributed by atoms with Crippen LogP contribution in [0.5, 0.6) is 0 Å². The number of carbonyl (C=O) groups is 1. The van der Waals surface area contributed by atoms with Crippen molar-refractivity contribution in [3.8, 4) is 0 Å². The van der Waals surface area contributed by atoms with E-state index in [1.165, 1.54) is 0 Å². The molecule has 0 heterocycles. The van der Waals surface area contributed by atoms with Crippen molar-refractivity contribution >= 4 is 16.0 Å². The lowest BCUT2D eigenvalue weighted by molar-refractivity contribution is -0.134. The van der Waals surface area contributed by atoms with Crippen LogP contribution in [0.1, 0.15) is 13.3 Å². The van der Waals surface area contributed by atoms with Crippen molar-refractivity contribution in [3.63, 3.8) is 0 Å². The van der Waals surface area contributed by atoms with Gasteiger partial charge in [0.05, 0.1) is 0 Å². The fourth-order valence-electron chi connectivity index (χ4n) is 0.756. The molecule has 0 aliphatic carbocycles. The molecule has 0 fully saturated rings. The molecule has 1 atom stereocenters. The third-order valence-corrected chi connectivity index (χ3v) is 2.76. The molecule has 0 amide bonds. The van der Waals surface area contributed by atoms with Gasteiger partial charge in [-0.05, 0) is 6.42 Å². The van der Waals surface area contributed by atoms with Crippen molar-refractivity contribution in [2.75, 3.05) is 12.3 Å². The van der Waals surface area contributed by atoms with Crippen molar-refractivity contribution < 1.29 is 18.3 Å². The number of carboxylic acids is 1. The number of rotatable bonds is 6. The van der Waals surface area contributed by atoms with Crippen LogP contribution in [0.3, 0.4) is 0 Å². The van der Waals surface area contributed by atoms with E-state index in [4.69, 9.17) is 10.8 Å². The summed E-state index contributed by atoms with van der Waals surface area (Å²) in [6.45, 7) is 1.93. The third-order valence-electron chi connectivity index (χ3n) is 1.44. The largest absolute Gasteiger partial charge is 0.480 e. The monoisotopic (exact) mass is 210 g/mol. The van der Waals surface area contributed by atoms with Gasteiger partial charge in [-0.15, -0.1) is 0 Å². The first-order chi connectivity index (χ1) is 5.91. The summed E-state index contributed by atoms with van der Waals surface area (Å²) in [4.78, 5) is 10.1. The van der Waals surface area contributed by atoms with Gasteiger partial charge in [-0.1, -0.05) is 6.92 Å².